The van der Waals surface area contributed by atoms with Gasteiger partial charge in [-0.05, 0) is 25.2 Å². The molecule has 1 N–H and O–H groups in total. The van der Waals surface area contributed by atoms with Crippen molar-refractivity contribution in [3.05, 3.63) is 11.4 Å². The predicted octanol–water partition coefficient (Wildman–Crippen LogP) is 1.20. The Labute approximate surface area is 108 Å². The molecule has 1 aromatic rings. The van der Waals surface area contributed by atoms with Gasteiger partial charge >= 0.3 is 0 Å². The van der Waals surface area contributed by atoms with E-state index in [1.54, 1.807) is 0 Å². The molecule has 0 bridgehead atoms. The van der Waals surface area contributed by atoms with Crippen molar-refractivity contribution in [2.75, 3.05) is 18.0 Å². The summed E-state index contributed by atoms with van der Waals surface area (Å²) in [6.45, 7) is 7.84. The maximum Gasteiger partial charge on any atom is 0.245 e. The molecule has 0 spiro atoms. The van der Waals surface area contributed by atoms with Crippen LogP contribution in [0.15, 0.2) is 0 Å². The van der Waals surface area contributed by atoms with Crippen LogP contribution < -0.4 is 4.90 Å². The first-order valence-corrected chi connectivity index (χ1v) is 6.81. The molecule has 2 unspecified atom stereocenters. The van der Waals surface area contributed by atoms with Crippen molar-refractivity contribution in [3.8, 4) is 0 Å². The first kappa shape index (κ1) is 13.2. The number of rotatable bonds is 3. The number of aliphatic hydroxyl groups excluding tert-OH is 1. The van der Waals surface area contributed by atoms with Gasteiger partial charge in [-0.1, -0.05) is 20.8 Å². The third-order valence-corrected chi connectivity index (χ3v) is 3.64. The van der Waals surface area contributed by atoms with E-state index in [1.807, 2.05) is 0 Å². The van der Waals surface area contributed by atoms with E-state index < -0.39 is 0 Å². The smallest absolute Gasteiger partial charge is 0.245 e. The molecule has 1 aromatic heterocycles. The van der Waals surface area contributed by atoms with E-state index in [4.69, 9.17) is 0 Å². The second kappa shape index (κ2) is 5.61. The monoisotopic (exact) mass is 250 g/mol. The van der Waals surface area contributed by atoms with Gasteiger partial charge in [0.1, 0.15) is 0 Å². The summed E-state index contributed by atoms with van der Waals surface area (Å²) >= 11 is 0. The fourth-order valence-electron chi connectivity index (χ4n) is 2.38. The van der Waals surface area contributed by atoms with Gasteiger partial charge in [0, 0.05) is 13.1 Å². The van der Waals surface area contributed by atoms with Gasteiger partial charge in [-0.2, -0.15) is 5.10 Å². The van der Waals surface area contributed by atoms with E-state index in [9.17, 15) is 5.11 Å². The fourth-order valence-corrected chi connectivity index (χ4v) is 2.38. The van der Waals surface area contributed by atoms with Crippen LogP contribution in [0.5, 0.6) is 0 Å². The highest BCUT2D eigenvalue weighted by Gasteiger charge is 2.26. The maximum atomic E-state index is 9.74. The quantitative estimate of drug-likeness (QED) is 0.873. The minimum absolute atomic E-state index is 0.199. The van der Waals surface area contributed by atoms with Gasteiger partial charge < -0.3 is 10.0 Å². The van der Waals surface area contributed by atoms with Crippen molar-refractivity contribution in [2.45, 2.75) is 46.1 Å². The maximum absolute atomic E-state index is 9.74. The van der Waals surface area contributed by atoms with Crippen LogP contribution in [0.25, 0.3) is 0 Å². The summed E-state index contributed by atoms with van der Waals surface area (Å²) in [5.74, 6) is 0.973. The number of anilines is 1. The third-order valence-electron chi connectivity index (χ3n) is 3.64. The summed E-state index contributed by atoms with van der Waals surface area (Å²) < 4.78 is 0. The third kappa shape index (κ3) is 2.61. The van der Waals surface area contributed by atoms with Crippen LogP contribution in [0.1, 0.15) is 38.6 Å². The van der Waals surface area contributed by atoms with E-state index in [1.165, 1.54) is 0 Å². The fraction of sp³-hybridized carbons (Fsp3) is 0.769. The first-order valence-electron chi connectivity index (χ1n) is 6.81. The molecule has 1 saturated heterocycles. The van der Waals surface area contributed by atoms with Crippen molar-refractivity contribution in [1.29, 1.82) is 0 Å². The van der Waals surface area contributed by atoms with Crippen molar-refractivity contribution >= 4 is 5.95 Å². The van der Waals surface area contributed by atoms with Gasteiger partial charge in [-0.15, -0.1) is 5.10 Å². The molecule has 2 rings (SSSR count). The number of aliphatic hydroxyl groups is 1. The summed E-state index contributed by atoms with van der Waals surface area (Å²) in [6.07, 6.45) is 2.34. The van der Waals surface area contributed by atoms with Crippen LogP contribution in [-0.2, 0) is 12.8 Å². The van der Waals surface area contributed by atoms with Crippen molar-refractivity contribution in [2.24, 2.45) is 5.92 Å². The van der Waals surface area contributed by atoms with Crippen molar-refractivity contribution in [3.63, 3.8) is 0 Å². The van der Waals surface area contributed by atoms with Crippen LogP contribution in [0, 0.1) is 5.92 Å². The van der Waals surface area contributed by atoms with Crippen molar-refractivity contribution in [1.82, 2.24) is 15.2 Å². The molecule has 1 fully saturated rings. The normalized spacial score (nSPS) is 24.3. The Morgan fingerprint density at radius 3 is 2.56 bits per heavy atom. The molecular weight excluding hydrogens is 228 g/mol. The van der Waals surface area contributed by atoms with E-state index in [0.717, 1.165) is 43.7 Å². The molecule has 5 heteroatoms. The summed E-state index contributed by atoms with van der Waals surface area (Å²) in [4.78, 5) is 6.74. The Hall–Kier alpha value is -1.23. The number of piperidine rings is 1. The summed E-state index contributed by atoms with van der Waals surface area (Å²) in [5.41, 5.74) is 2.03. The summed E-state index contributed by atoms with van der Waals surface area (Å²) in [5, 5.41) is 18.2. The Bertz CT molecular complexity index is 410. The molecule has 100 valence electrons. The molecule has 1 aliphatic rings. The first-order chi connectivity index (χ1) is 8.65. The molecule has 0 amide bonds. The number of hydrogen-bond donors (Lipinski definition) is 1. The van der Waals surface area contributed by atoms with E-state index in [2.05, 4.69) is 40.9 Å². The molecular formula is C13H22N4O. The lowest BCUT2D eigenvalue weighted by molar-refractivity contribution is 0.0966. The van der Waals surface area contributed by atoms with Gasteiger partial charge in [0.25, 0.3) is 0 Å². The van der Waals surface area contributed by atoms with E-state index in [-0.39, 0.29) is 12.0 Å². The lowest BCUT2D eigenvalue weighted by Gasteiger charge is -2.34. The molecule has 0 aromatic carbocycles. The topological polar surface area (TPSA) is 62.1 Å². The number of aromatic nitrogens is 3. The standard InChI is InChI=1S/C13H22N4O/c1-4-10-11(5-2)15-16-13(14-10)17-7-6-12(18)9(3)8-17/h9,12,18H,4-8H2,1-3H3. The predicted molar refractivity (Wildman–Crippen MR) is 70.6 cm³/mol. The van der Waals surface area contributed by atoms with Crippen LogP contribution in [-0.4, -0.2) is 39.5 Å². The van der Waals surface area contributed by atoms with Crippen molar-refractivity contribution < 1.29 is 5.11 Å². The number of nitrogens with zero attached hydrogens (tertiary/aromatic N) is 4. The van der Waals surface area contributed by atoms with Crippen LogP contribution in [0.3, 0.4) is 0 Å². The zero-order valence-electron chi connectivity index (χ0n) is 11.4. The molecule has 0 saturated carbocycles. The highest BCUT2D eigenvalue weighted by Crippen LogP contribution is 2.20. The zero-order valence-corrected chi connectivity index (χ0v) is 11.4. The second-order valence-electron chi connectivity index (χ2n) is 4.99. The van der Waals surface area contributed by atoms with Gasteiger partial charge in [-0.25, -0.2) is 4.98 Å². The summed E-state index contributed by atoms with van der Waals surface area (Å²) in [6, 6.07) is 0. The van der Waals surface area contributed by atoms with E-state index >= 15 is 0 Å². The Morgan fingerprint density at radius 2 is 1.94 bits per heavy atom. The second-order valence-corrected chi connectivity index (χ2v) is 4.99. The molecule has 2 atom stereocenters. The molecule has 18 heavy (non-hydrogen) atoms. The summed E-state index contributed by atoms with van der Waals surface area (Å²) in [7, 11) is 0. The average molecular weight is 250 g/mol. The lowest BCUT2D eigenvalue weighted by Crippen LogP contribution is -2.43. The number of aryl methyl sites for hydroxylation is 2. The minimum atomic E-state index is -0.199. The highest BCUT2D eigenvalue weighted by atomic mass is 16.3. The van der Waals surface area contributed by atoms with Crippen LogP contribution >= 0.6 is 0 Å². The van der Waals surface area contributed by atoms with Gasteiger partial charge in [-0.3, -0.25) is 0 Å². The van der Waals surface area contributed by atoms with Gasteiger partial charge in [0.05, 0.1) is 17.5 Å². The van der Waals surface area contributed by atoms with Crippen LogP contribution in [0.2, 0.25) is 0 Å². The van der Waals surface area contributed by atoms with Crippen LogP contribution in [0.4, 0.5) is 5.95 Å². The Morgan fingerprint density at radius 1 is 1.22 bits per heavy atom. The largest absolute Gasteiger partial charge is 0.393 e. The minimum Gasteiger partial charge on any atom is -0.393 e. The SMILES string of the molecule is CCc1nnc(N2CCC(O)C(C)C2)nc1CC. The van der Waals surface area contributed by atoms with Gasteiger partial charge in [0.2, 0.25) is 5.95 Å². The van der Waals surface area contributed by atoms with Gasteiger partial charge in [0.15, 0.2) is 0 Å². The lowest BCUT2D eigenvalue weighted by atomic mass is 9.97. The molecule has 5 nitrogen and oxygen atoms in total. The highest BCUT2D eigenvalue weighted by molar-refractivity contribution is 5.31. The molecule has 1 aliphatic heterocycles. The molecule has 2 heterocycles. The Balaban J connectivity index is 2.18. The van der Waals surface area contributed by atoms with E-state index in [0.29, 0.717) is 5.95 Å². The molecule has 0 aliphatic carbocycles. The number of hydrogen-bond acceptors (Lipinski definition) is 5. The average Bonchev–Trinajstić information content (AvgIpc) is 2.41. The zero-order chi connectivity index (χ0) is 13.1. The molecule has 0 radical (unpaired) electrons. The Kier molecular flexibility index (Phi) is 4.11.